The minimum Gasteiger partial charge on any atom is -0.493 e. The van der Waals surface area contributed by atoms with Crippen LogP contribution in [0.1, 0.15) is 30.7 Å². The Bertz CT molecular complexity index is 415. The van der Waals surface area contributed by atoms with Gasteiger partial charge in [0.1, 0.15) is 5.75 Å². The van der Waals surface area contributed by atoms with Crippen LogP contribution >= 0.6 is 0 Å². The van der Waals surface area contributed by atoms with Crippen LogP contribution < -0.4 is 10.1 Å². The smallest absolute Gasteiger partial charge is 0.122 e. The van der Waals surface area contributed by atoms with Gasteiger partial charge in [0, 0.05) is 5.92 Å². The summed E-state index contributed by atoms with van der Waals surface area (Å²) in [6.07, 6.45) is 3.98. The fourth-order valence-electron chi connectivity index (χ4n) is 3.11. The molecule has 19 heavy (non-hydrogen) atoms. The summed E-state index contributed by atoms with van der Waals surface area (Å²) in [4.78, 5) is 0. The number of ether oxygens (including phenoxy) is 2. The second-order valence-corrected chi connectivity index (χ2v) is 5.72. The highest BCUT2D eigenvalue weighted by Crippen LogP contribution is 2.35. The molecular formula is C16H23NO2. The summed E-state index contributed by atoms with van der Waals surface area (Å²) in [5.41, 5.74) is 1.32. The minimum atomic E-state index is 0.480. The number of para-hydroxylation sites is 1. The molecule has 0 amide bonds. The largest absolute Gasteiger partial charge is 0.493 e. The highest BCUT2D eigenvalue weighted by molar-refractivity contribution is 5.37. The van der Waals surface area contributed by atoms with Gasteiger partial charge in [-0.1, -0.05) is 18.2 Å². The third-order valence-corrected chi connectivity index (χ3v) is 4.30. The van der Waals surface area contributed by atoms with E-state index in [1.54, 1.807) is 0 Å². The number of hydrogen-bond donors (Lipinski definition) is 1. The Hall–Kier alpha value is -1.06. The van der Waals surface area contributed by atoms with Crippen LogP contribution in [0, 0.1) is 5.92 Å². The van der Waals surface area contributed by atoms with Gasteiger partial charge >= 0.3 is 0 Å². The molecule has 0 saturated heterocycles. The zero-order valence-corrected chi connectivity index (χ0v) is 11.6. The van der Waals surface area contributed by atoms with Gasteiger partial charge in [0.05, 0.1) is 19.3 Å². The molecule has 3 nitrogen and oxygen atoms in total. The van der Waals surface area contributed by atoms with Crippen molar-refractivity contribution in [1.29, 1.82) is 0 Å². The minimum absolute atomic E-state index is 0.480. The molecule has 1 aromatic rings. The average Bonchev–Trinajstić information content (AvgIpc) is 2.41. The van der Waals surface area contributed by atoms with Gasteiger partial charge in [0.25, 0.3) is 0 Å². The molecule has 1 fully saturated rings. The quantitative estimate of drug-likeness (QED) is 0.883. The number of fused-ring (bicyclic) bond motifs is 1. The van der Waals surface area contributed by atoms with Crippen molar-refractivity contribution in [2.75, 3.05) is 26.8 Å². The Morgan fingerprint density at radius 3 is 3.00 bits per heavy atom. The Labute approximate surface area is 115 Å². The summed E-state index contributed by atoms with van der Waals surface area (Å²) in [7, 11) is 2.02. The maximum Gasteiger partial charge on any atom is 0.122 e. The van der Waals surface area contributed by atoms with Gasteiger partial charge in [0.15, 0.2) is 0 Å². The summed E-state index contributed by atoms with van der Waals surface area (Å²) in [5, 5.41) is 3.24. The van der Waals surface area contributed by atoms with Crippen molar-refractivity contribution in [2.45, 2.75) is 31.3 Å². The van der Waals surface area contributed by atoms with E-state index in [4.69, 9.17) is 9.47 Å². The monoisotopic (exact) mass is 261 g/mol. The van der Waals surface area contributed by atoms with Crippen LogP contribution in [0.15, 0.2) is 24.3 Å². The van der Waals surface area contributed by atoms with Crippen molar-refractivity contribution in [3.63, 3.8) is 0 Å². The Morgan fingerprint density at radius 2 is 2.16 bits per heavy atom. The second kappa shape index (κ2) is 5.93. The van der Waals surface area contributed by atoms with Crippen LogP contribution in [0.4, 0.5) is 0 Å². The first-order valence-corrected chi connectivity index (χ1v) is 7.34. The van der Waals surface area contributed by atoms with Crippen LogP contribution in [0.2, 0.25) is 0 Å². The fourth-order valence-corrected chi connectivity index (χ4v) is 3.11. The Morgan fingerprint density at radius 1 is 1.32 bits per heavy atom. The van der Waals surface area contributed by atoms with E-state index < -0.39 is 0 Å². The van der Waals surface area contributed by atoms with Gasteiger partial charge in [-0.25, -0.2) is 0 Å². The predicted molar refractivity (Wildman–Crippen MR) is 75.7 cm³/mol. The van der Waals surface area contributed by atoms with Crippen LogP contribution in [-0.2, 0) is 4.74 Å². The zero-order chi connectivity index (χ0) is 13.1. The van der Waals surface area contributed by atoms with Crippen LogP contribution in [0.25, 0.3) is 0 Å². The van der Waals surface area contributed by atoms with E-state index in [0.29, 0.717) is 12.0 Å². The molecule has 1 atom stereocenters. The van der Waals surface area contributed by atoms with Crippen LogP contribution in [0.3, 0.4) is 0 Å². The number of hydrogen-bond acceptors (Lipinski definition) is 3. The summed E-state index contributed by atoms with van der Waals surface area (Å²) in [6, 6.07) is 8.37. The first-order valence-electron chi connectivity index (χ1n) is 7.34. The summed E-state index contributed by atoms with van der Waals surface area (Å²) >= 11 is 0. The third kappa shape index (κ3) is 2.93. The van der Waals surface area contributed by atoms with Gasteiger partial charge in [-0.2, -0.15) is 0 Å². The maximum absolute atomic E-state index is 6.07. The van der Waals surface area contributed by atoms with Gasteiger partial charge in [-0.05, 0) is 50.4 Å². The van der Waals surface area contributed by atoms with E-state index in [9.17, 15) is 0 Å². The molecule has 1 aliphatic carbocycles. The van der Waals surface area contributed by atoms with Crippen molar-refractivity contribution >= 4 is 0 Å². The van der Waals surface area contributed by atoms with E-state index in [0.717, 1.165) is 37.8 Å². The number of benzene rings is 1. The highest BCUT2D eigenvalue weighted by atomic mass is 16.5. The van der Waals surface area contributed by atoms with E-state index in [1.165, 1.54) is 18.4 Å². The molecule has 104 valence electrons. The molecule has 1 aliphatic heterocycles. The van der Waals surface area contributed by atoms with Crippen molar-refractivity contribution in [3.05, 3.63) is 29.8 Å². The molecule has 1 aromatic carbocycles. The zero-order valence-electron chi connectivity index (χ0n) is 11.6. The fraction of sp³-hybridized carbons (Fsp3) is 0.625. The van der Waals surface area contributed by atoms with Crippen LogP contribution in [-0.4, -0.2) is 32.9 Å². The summed E-state index contributed by atoms with van der Waals surface area (Å²) in [5.74, 6) is 2.37. The number of nitrogens with one attached hydrogen (secondary N) is 1. The van der Waals surface area contributed by atoms with Gasteiger partial charge < -0.3 is 14.8 Å². The highest BCUT2D eigenvalue weighted by Gasteiger charge is 2.30. The molecule has 1 saturated carbocycles. The first kappa shape index (κ1) is 12.9. The number of rotatable bonds is 5. The molecule has 3 rings (SSSR count). The lowest BCUT2D eigenvalue weighted by Gasteiger charge is -2.36. The first-order chi connectivity index (χ1) is 9.36. The van der Waals surface area contributed by atoms with Crippen molar-refractivity contribution in [1.82, 2.24) is 5.32 Å². The normalized spacial score (nSPS) is 29.2. The second-order valence-electron chi connectivity index (χ2n) is 5.72. The summed E-state index contributed by atoms with van der Waals surface area (Å²) < 4.78 is 11.8. The molecule has 1 unspecified atom stereocenters. The molecule has 0 bridgehead atoms. The van der Waals surface area contributed by atoms with Gasteiger partial charge in [-0.3, -0.25) is 0 Å². The van der Waals surface area contributed by atoms with E-state index in [-0.39, 0.29) is 0 Å². The third-order valence-electron chi connectivity index (χ3n) is 4.30. The average molecular weight is 261 g/mol. The van der Waals surface area contributed by atoms with E-state index >= 15 is 0 Å². The lowest BCUT2D eigenvalue weighted by molar-refractivity contribution is -0.0382. The lowest BCUT2D eigenvalue weighted by Crippen LogP contribution is -2.37. The van der Waals surface area contributed by atoms with Crippen molar-refractivity contribution in [3.8, 4) is 5.75 Å². The summed E-state index contributed by atoms with van der Waals surface area (Å²) in [6.45, 7) is 2.79. The maximum atomic E-state index is 6.07. The molecule has 0 aromatic heterocycles. The van der Waals surface area contributed by atoms with E-state index in [2.05, 4.69) is 23.5 Å². The predicted octanol–water partition coefficient (Wildman–Crippen LogP) is 2.57. The van der Waals surface area contributed by atoms with Crippen LogP contribution in [0.5, 0.6) is 5.75 Å². The lowest BCUT2D eigenvalue weighted by atomic mass is 9.82. The standard InChI is InChI=1S/C16H23NO2/c1-17-10-12-8-14(9-12)19-11-13-6-7-18-16-5-3-2-4-15(13)16/h2-5,12-14,17H,6-11H2,1H3. The van der Waals surface area contributed by atoms with E-state index in [1.807, 2.05) is 13.1 Å². The Kier molecular flexibility index (Phi) is 4.04. The topological polar surface area (TPSA) is 30.5 Å². The Balaban J connectivity index is 1.49. The molecule has 1 heterocycles. The van der Waals surface area contributed by atoms with Gasteiger partial charge in [-0.15, -0.1) is 0 Å². The molecule has 2 aliphatic rings. The molecule has 3 heteroatoms. The van der Waals surface area contributed by atoms with Crippen molar-refractivity contribution in [2.24, 2.45) is 5.92 Å². The molecule has 0 radical (unpaired) electrons. The molecule has 0 spiro atoms. The molecule has 1 N–H and O–H groups in total. The molecular weight excluding hydrogens is 238 g/mol. The van der Waals surface area contributed by atoms with Gasteiger partial charge in [0.2, 0.25) is 0 Å². The SMILES string of the molecule is CNCC1CC(OCC2CCOc3ccccc32)C1. The van der Waals surface area contributed by atoms with Crippen molar-refractivity contribution < 1.29 is 9.47 Å².